The maximum atomic E-state index is 5.34. The first-order valence-electron chi connectivity index (χ1n) is 6.21. The summed E-state index contributed by atoms with van der Waals surface area (Å²) in [6, 6.07) is 0.407. The number of ether oxygens (including phenoxy) is 1. The molecule has 5 heteroatoms. The average molecular weight is 255 g/mol. The van der Waals surface area contributed by atoms with Gasteiger partial charge in [-0.1, -0.05) is 0 Å². The third-order valence-electron chi connectivity index (χ3n) is 3.18. The summed E-state index contributed by atoms with van der Waals surface area (Å²) in [4.78, 5) is 8.26. The molecule has 1 saturated heterocycles. The van der Waals surface area contributed by atoms with Crippen LogP contribution in [0.3, 0.4) is 0 Å². The van der Waals surface area contributed by atoms with E-state index in [0.29, 0.717) is 6.04 Å². The number of thiazole rings is 1. The molecule has 0 radical (unpaired) electrons. The number of morpholine rings is 1. The van der Waals surface area contributed by atoms with Gasteiger partial charge in [-0.3, -0.25) is 4.90 Å². The second-order valence-electron chi connectivity index (χ2n) is 4.37. The Morgan fingerprint density at radius 1 is 1.53 bits per heavy atom. The predicted molar refractivity (Wildman–Crippen MR) is 70.6 cm³/mol. The average Bonchev–Trinajstić information content (AvgIpc) is 2.85. The van der Waals surface area contributed by atoms with E-state index >= 15 is 0 Å². The van der Waals surface area contributed by atoms with E-state index in [2.05, 4.69) is 22.1 Å². The van der Waals surface area contributed by atoms with Gasteiger partial charge in [0.05, 0.1) is 18.2 Å². The predicted octanol–water partition coefficient (Wildman–Crippen LogP) is 1.30. The van der Waals surface area contributed by atoms with E-state index in [1.807, 2.05) is 24.6 Å². The molecule has 17 heavy (non-hydrogen) atoms. The molecule has 0 bridgehead atoms. The van der Waals surface area contributed by atoms with Crippen molar-refractivity contribution in [3.63, 3.8) is 0 Å². The standard InChI is InChI=1S/C12H21N3OS/c1-10(13-2)11-9-14-12(17-11)3-4-15-5-7-16-8-6-15/h9-10,13H,3-8H2,1-2H3. The van der Waals surface area contributed by atoms with Crippen LogP contribution in [0.15, 0.2) is 6.20 Å². The van der Waals surface area contributed by atoms with Crippen molar-refractivity contribution in [2.45, 2.75) is 19.4 Å². The van der Waals surface area contributed by atoms with Crippen LogP contribution >= 0.6 is 11.3 Å². The molecule has 1 N–H and O–H groups in total. The van der Waals surface area contributed by atoms with Crippen molar-refractivity contribution in [1.82, 2.24) is 15.2 Å². The number of nitrogens with one attached hydrogen (secondary N) is 1. The highest BCUT2D eigenvalue weighted by Crippen LogP contribution is 2.20. The molecule has 1 aliphatic rings. The summed E-state index contributed by atoms with van der Waals surface area (Å²) < 4.78 is 5.34. The van der Waals surface area contributed by atoms with Gasteiger partial charge in [-0.25, -0.2) is 4.98 Å². The zero-order valence-electron chi connectivity index (χ0n) is 10.6. The molecule has 0 saturated carbocycles. The Morgan fingerprint density at radius 3 is 3.00 bits per heavy atom. The van der Waals surface area contributed by atoms with Gasteiger partial charge < -0.3 is 10.1 Å². The van der Waals surface area contributed by atoms with Crippen molar-refractivity contribution in [1.29, 1.82) is 0 Å². The lowest BCUT2D eigenvalue weighted by Crippen LogP contribution is -2.37. The Hall–Kier alpha value is -0.490. The molecule has 2 rings (SSSR count). The van der Waals surface area contributed by atoms with E-state index in [0.717, 1.165) is 39.3 Å². The molecule has 1 unspecified atom stereocenters. The van der Waals surface area contributed by atoms with Crippen LogP contribution in [0, 0.1) is 0 Å². The van der Waals surface area contributed by atoms with Gasteiger partial charge in [-0.2, -0.15) is 0 Å². The highest BCUT2D eigenvalue weighted by molar-refractivity contribution is 7.11. The number of hydrogen-bond donors (Lipinski definition) is 1. The minimum atomic E-state index is 0.407. The van der Waals surface area contributed by atoms with Crippen LogP contribution in [0.1, 0.15) is 22.9 Å². The molecule has 2 heterocycles. The number of hydrogen-bond acceptors (Lipinski definition) is 5. The third kappa shape index (κ3) is 3.74. The van der Waals surface area contributed by atoms with Crippen LogP contribution < -0.4 is 5.32 Å². The molecular weight excluding hydrogens is 234 g/mol. The molecule has 1 aromatic rings. The fourth-order valence-corrected chi connectivity index (χ4v) is 2.83. The van der Waals surface area contributed by atoms with Crippen molar-refractivity contribution in [2.75, 3.05) is 39.9 Å². The molecule has 1 aromatic heterocycles. The fraction of sp³-hybridized carbons (Fsp3) is 0.750. The van der Waals surface area contributed by atoms with Gasteiger partial charge in [0.15, 0.2) is 0 Å². The van der Waals surface area contributed by atoms with Crippen LogP contribution in [0.2, 0.25) is 0 Å². The SMILES string of the molecule is CNC(C)c1cnc(CCN2CCOCC2)s1. The largest absolute Gasteiger partial charge is 0.379 e. The zero-order chi connectivity index (χ0) is 12.1. The molecule has 0 spiro atoms. The second kappa shape index (κ2) is 6.44. The van der Waals surface area contributed by atoms with E-state index in [1.165, 1.54) is 9.88 Å². The summed E-state index contributed by atoms with van der Waals surface area (Å²) in [5.41, 5.74) is 0. The minimum absolute atomic E-state index is 0.407. The first kappa shape index (κ1) is 13.0. The molecule has 0 aliphatic carbocycles. The number of nitrogens with zero attached hydrogens (tertiary/aromatic N) is 2. The van der Waals surface area contributed by atoms with Crippen LogP contribution in [-0.4, -0.2) is 49.8 Å². The molecule has 96 valence electrons. The van der Waals surface area contributed by atoms with Gasteiger partial charge in [0.2, 0.25) is 0 Å². The van der Waals surface area contributed by atoms with Crippen molar-refractivity contribution in [3.8, 4) is 0 Å². The smallest absolute Gasteiger partial charge is 0.0941 e. The highest BCUT2D eigenvalue weighted by Gasteiger charge is 2.12. The van der Waals surface area contributed by atoms with Crippen LogP contribution in [0.5, 0.6) is 0 Å². The summed E-state index contributed by atoms with van der Waals surface area (Å²) in [6.07, 6.45) is 3.06. The van der Waals surface area contributed by atoms with Crippen molar-refractivity contribution < 1.29 is 4.74 Å². The Morgan fingerprint density at radius 2 is 2.29 bits per heavy atom. The monoisotopic (exact) mass is 255 g/mol. The molecule has 0 amide bonds. The molecule has 1 aliphatic heterocycles. The molecule has 1 fully saturated rings. The van der Waals surface area contributed by atoms with Gasteiger partial charge in [-0.05, 0) is 14.0 Å². The van der Waals surface area contributed by atoms with Gasteiger partial charge in [0.25, 0.3) is 0 Å². The van der Waals surface area contributed by atoms with E-state index in [1.54, 1.807) is 0 Å². The van der Waals surface area contributed by atoms with Gasteiger partial charge in [0.1, 0.15) is 0 Å². The maximum absolute atomic E-state index is 5.34. The Labute approximate surface area is 107 Å². The van der Waals surface area contributed by atoms with Crippen molar-refractivity contribution in [3.05, 3.63) is 16.1 Å². The zero-order valence-corrected chi connectivity index (χ0v) is 11.4. The topological polar surface area (TPSA) is 37.4 Å². The summed E-state index contributed by atoms with van der Waals surface area (Å²) in [6.45, 7) is 7.14. The Bertz CT molecular complexity index is 336. The van der Waals surface area contributed by atoms with E-state index in [-0.39, 0.29) is 0 Å². The first-order valence-corrected chi connectivity index (χ1v) is 7.03. The highest BCUT2D eigenvalue weighted by atomic mass is 32.1. The van der Waals surface area contributed by atoms with Crippen LogP contribution in [0.25, 0.3) is 0 Å². The molecule has 1 atom stereocenters. The molecule has 4 nitrogen and oxygen atoms in total. The van der Waals surface area contributed by atoms with E-state index in [4.69, 9.17) is 4.74 Å². The van der Waals surface area contributed by atoms with Gasteiger partial charge >= 0.3 is 0 Å². The lowest BCUT2D eigenvalue weighted by atomic mass is 10.3. The lowest BCUT2D eigenvalue weighted by molar-refractivity contribution is 0.0384. The number of aromatic nitrogens is 1. The van der Waals surface area contributed by atoms with Crippen molar-refractivity contribution >= 4 is 11.3 Å². The molecular formula is C12H21N3OS. The van der Waals surface area contributed by atoms with Crippen molar-refractivity contribution in [2.24, 2.45) is 0 Å². The van der Waals surface area contributed by atoms with Gasteiger partial charge in [-0.15, -0.1) is 11.3 Å². The summed E-state index contributed by atoms with van der Waals surface area (Å²) in [5, 5.41) is 4.49. The summed E-state index contributed by atoms with van der Waals surface area (Å²) in [7, 11) is 1.98. The first-order chi connectivity index (χ1) is 8.29. The maximum Gasteiger partial charge on any atom is 0.0941 e. The molecule has 0 aromatic carbocycles. The normalized spacial score (nSPS) is 19.4. The van der Waals surface area contributed by atoms with Gasteiger partial charge in [0, 0.05) is 43.2 Å². The second-order valence-corrected chi connectivity index (χ2v) is 5.52. The quantitative estimate of drug-likeness (QED) is 0.860. The Balaban J connectivity index is 1.80. The van der Waals surface area contributed by atoms with Crippen LogP contribution in [-0.2, 0) is 11.2 Å². The van der Waals surface area contributed by atoms with Crippen LogP contribution in [0.4, 0.5) is 0 Å². The van der Waals surface area contributed by atoms with E-state index in [9.17, 15) is 0 Å². The van der Waals surface area contributed by atoms with E-state index < -0.39 is 0 Å². The summed E-state index contributed by atoms with van der Waals surface area (Å²) >= 11 is 1.82. The Kier molecular flexibility index (Phi) is 4.91. The fourth-order valence-electron chi connectivity index (χ4n) is 1.86. The third-order valence-corrected chi connectivity index (χ3v) is 4.42. The lowest BCUT2D eigenvalue weighted by Gasteiger charge is -2.25. The number of rotatable bonds is 5. The summed E-state index contributed by atoms with van der Waals surface area (Å²) in [5.74, 6) is 0. The minimum Gasteiger partial charge on any atom is -0.379 e.